The fourth-order valence-electron chi connectivity index (χ4n) is 3.07. The highest BCUT2D eigenvalue weighted by atomic mass is 32.1. The second kappa shape index (κ2) is 12.3. The molecule has 1 aromatic rings. The van der Waals surface area contributed by atoms with Crippen LogP contribution in [0, 0.1) is 0 Å². The van der Waals surface area contributed by atoms with E-state index in [2.05, 4.69) is 46.3 Å². The number of nitrogens with one attached hydrogen (secondary N) is 2. The molecule has 2 N–H and O–H groups in total. The molecule has 0 aromatic carbocycles. The summed E-state index contributed by atoms with van der Waals surface area (Å²) in [6.07, 6.45) is 6.42. The van der Waals surface area contributed by atoms with Crippen molar-refractivity contribution in [3.8, 4) is 0 Å². The molecule has 1 saturated heterocycles. The SMILES string of the molecule is CCNC(=NCCCN1CCCN(C)CC1)NCCc1ncc(CC)s1. The van der Waals surface area contributed by atoms with Gasteiger partial charge in [0.15, 0.2) is 5.96 Å². The summed E-state index contributed by atoms with van der Waals surface area (Å²) in [4.78, 5) is 15.6. The van der Waals surface area contributed by atoms with Crippen molar-refractivity contribution in [3.63, 3.8) is 0 Å². The molecule has 0 unspecified atom stereocenters. The fraction of sp³-hybridized carbons (Fsp3) is 0.789. The number of hydrogen-bond donors (Lipinski definition) is 2. The molecule has 0 atom stereocenters. The van der Waals surface area contributed by atoms with Crippen LogP contribution in [0.2, 0.25) is 0 Å². The lowest BCUT2D eigenvalue weighted by atomic mass is 10.3. The summed E-state index contributed by atoms with van der Waals surface area (Å²) in [7, 11) is 2.22. The lowest BCUT2D eigenvalue weighted by molar-refractivity contribution is 0.275. The third-order valence-electron chi connectivity index (χ3n) is 4.64. The van der Waals surface area contributed by atoms with Gasteiger partial charge in [0.05, 0.1) is 5.01 Å². The number of nitrogens with zero attached hydrogens (tertiary/aromatic N) is 4. The smallest absolute Gasteiger partial charge is 0.191 e. The van der Waals surface area contributed by atoms with Gasteiger partial charge in [-0.3, -0.25) is 4.99 Å². The van der Waals surface area contributed by atoms with Crippen molar-refractivity contribution in [1.29, 1.82) is 0 Å². The van der Waals surface area contributed by atoms with Gasteiger partial charge >= 0.3 is 0 Å². The normalized spacial score (nSPS) is 17.3. The Hall–Kier alpha value is -1.18. The molecule has 1 aliphatic heterocycles. The summed E-state index contributed by atoms with van der Waals surface area (Å²) in [5.74, 6) is 0.926. The summed E-state index contributed by atoms with van der Waals surface area (Å²) in [5, 5.41) is 7.98. The number of rotatable bonds is 9. The van der Waals surface area contributed by atoms with E-state index in [1.165, 1.54) is 42.5 Å². The van der Waals surface area contributed by atoms with E-state index in [9.17, 15) is 0 Å². The highest BCUT2D eigenvalue weighted by molar-refractivity contribution is 7.11. The fourth-order valence-corrected chi connectivity index (χ4v) is 3.93. The van der Waals surface area contributed by atoms with Gasteiger partial charge in [-0.15, -0.1) is 11.3 Å². The zero-order valence-corrected chi connectivity index (χ0v) is 17.6. The molecule has 1 aromatic heterocycles. The van der Waals surface area contributed by atoms with Gasteiger partial charge in [0, 0.05) is 50.2 Å². The van der Waals surface area contributed by atoms with E-state index in [1.807, 2.05) is 17.5 Å². The molecular weight excluding hydrogens is 344 g/mol. The second-order valence-electron chi connectivity index (χ2n) is 6.86. The quantitative estimate of drug-likeness (QED) is 0.389. The maximum absolute atomic E-state index is 4.73. The lowest BCUT2D eigenvalue weighted by Crippen LogP contribution is -2.38. The first-order valence-corrected chi connectivity index (χ1v) is 10.9. The van der Waals surface area contributed by atoms with Gasteiger partial charge < -0.3 is 20.4 Å². The van der Waals surface area contributed by atoms with Gasteiger partial charge in [-0.2, -0.15) is 0 Å². The summed E-state index contributed by atoms with van der Waals surface area (Å²) in [5.41, 5.74) is 0. The van der Waals surface area contributed by atoms with Crippen LogP contribution in [-0.4, -0.2) is 80.1 Å². The van der Waals surface area contributed by atoms with E-state index in [4.69, 9.17) is 4.99 Å². The molecule has 2 heterocycles. The monoisotopic (exact) mass is 380 g/mol. The number of thiazole rings is 1. The van der Waals surface area contributed by atoms with Crippen LogP contribution >= 0.6 is 11.3 Å². The zero-order valence-electron chi connectivity index (χ0n) is 16.8. The predicted molar refractivity (Wildman–Crippen MR) is 112 cm³/mol. The molecule has 0 bridgehead atoms. The molecule has 0 saturated carbocycles. The number of aryl methyl sites for hydroxylation is 1. The van der Waals surface area contributed by atoms with Crippen LogP contribution in [-0.2, 0) is 12.8 Å². The van der Waals surface area contributed by atoms with Crippen molar-refractivity contribution in [3.05, 3.63) is 16.1 Å². The second-order valence-corrected chi connectivity index (χ2v) is 8.06. The van der Waals surface area contributed by atoms with Crippen LogP contribution < -0.4 is 10.6 Å². The van der Waals surface area contributed by atoms with Crippen molar-refractivity contribution in [2.75, 3.05) is 59.4 Å². The van der Waals surface area contributed by atoms with Gasteiger partial charge in [-0.25, -0.2) is 4.98 Å². The Bertz CT molecular complexity index is 530. The van der Waals surface area contributed by atoms with E-state index in [0.717, 1.165) is 51.4 Å². The molecule has 0 spiro atoms. The van der Waals surface area contributed by atoms with Crippen LogP contribution in [0.1, 0.15) is 36.6 Å². The standard InChI is InChI=1S/C19H36N6S/c1-4-17-16-23-18(26-17)8-10-22-19(20-5-2)21-9-6-12-25-13-7-11-24(3)14-15-25/h16H,4-15H2,1-3H3,(H2,20,21,22). The Balaban J connectivity index is 1.66. The van der Waals surface area contributed by atoms with Gasteiger partial charge in [-0.05, 0) is 52.9 Å². The Morgan fingerprint density at radius 2 is 2.12 bits per heavy atom. The Kier molecular flexibility index (Phi) is 9.95. The summed E-state index contributed by atoms with van der Waals surface area (Å²) in [6.45, 7) is 12.9. The Labute approximate surface area is 163 Å². The van der Waals surface area contributed by atoms with E-state index < -0.39 is 0 Å². The number of aromatic nitrogens is 1. The zero-order chi connectivity index (χ0) is 18.6. The van der Waals surface area contributed by atoms with Crippen molar-refractivity contribution in [1.82, 2.24) is 25.4 Å². The highest BCUT2D eigenvalue weighted by Gasteiger charge is 2.11. The minimum absolute atomic E-state index is 0.874. The van der Waals surface area contributed by atoms with Crippen LogP contribution in [0.4, 0.5) is 0 Å². The molecule has 2 rings (SSSR count). The van der Waals surface area contributed by atoms with Gasteiger partial charge in [0.1, 0.15) is 0 Å². The van der Waals surface area contributed by atoms with Crippen LogP contribution in [0.25, 0.3) is 0 Å². The minimum Gasteiger partial charge on any atom is -0.357 e. The third kappa shape index (κ3) is 8.01. The first kappa shape index (κ1) is 21.1. The molecule has 1 aliphatic rings. The molecule has 0 aliphatic carbocycles. The largest absolute Gasteiger partial charge is 0.357 e. The van der Waals surface area contributed by atoms with Crippen LogP contribution in [0.15, 0.2) is 11.2 Å². The number of hydrogen-bond acceptors (Lipinski definition) is 5. The van der Waals surface area contributed by atoms with E-state index in [-0.39, 0.29) is 0 Å². The summed E-state index contributed by atoms with van der Waals surface area (Å²) < 4.78 is 0. The molecule has 1 fully saturated rings. The number of likely N-dealkylation sites (N-methyl/N-ethyl adjacent to an activating group) is 1. The molecule has 6 nitrogen and oxygen atoms in total. The highest BCUT2D eigenvalue weighted by Crippen LogP contribution is 2.13. The van der Waals surface area contributed by atoms with Crippen molar-refractivity contribution in [2.45, 2.75) is 39.5 Å². The summed E-state index contributed by atoms with van der Waals surface area (Å²) in [6, 6.07) is 0. The van der Waals surface area contributed by atoms with Crippen molar-refractivity contribution in [2.24, 2.45) is 4.99 Å². The Morgan fingerprint density at radius 3 is 2.88 bits per heavy atom. The van der Waals surface area contributed by atoms with Gasteiger partial charge in [0.25, 0.3) is 0 Å². The molecule has 0 amide bonds. The van der Waals surface area contributed by atoms with Crippen molar-refractivity contribution < 1.29 is 0 Å². The number of guanidine groups is 1. The Morgan fingerprint density at radius 1 is 1.23 bits per heavy atom. The lowest BCUT2D eigenvalue weighted by Gasteiger charge is -2.19. The first-order chi connectivity index (χ1) is 12.7. The van der Waals surface area contributed by atoms with Gasteiger partial charge in [-0.1, -0.05) is 6.92 Å². The minimum atomic E-state index is 0.874. The molecule has 7 heteroatoms. The molecule has 0 radical (unpaired) electrons. The first-order valence-electron chi connectivity index (χ1n) is 10.1. The van der Waals surface area contributed by atoms with E-state index in [0.29, 0.717) is 0 Å². The molecular formula is C19H36N6S. The maximum Gasteiger partial charge on any atom is 0.191 e. The average molecular weight is 381 g/mol. The van der Waals surface area contributed by atoms with Crippen molar-refractivity contribution >= 4 is 17.3 Å². The average Bonchev–Trinajstić information content (AvgIpc) is 3.00. The molecule has 148 valence electrons. The summed E-state index contributed by atoms with van der Waals surface area (Å²) >= 11 is 1.82. The topological polar surface area (TPSA) is 55.8 Å². The third-order valence-corrected chi connectivity index (χ3v) is 5.84. The molecule has 26 heavy (non-hydrogen) atoms. The van der Waals surface area contributed by atoms with E-state index >= 15 is 0 Å². The van der Waals surface area contributed by atoms with E-state index in [1.54, 1.807) is 0 Å². The maximum atomic E-state index is 4.73. The van der Waals surface area contributed by atoms with Crippen LogP contribution in [0.3, 0.4) is 0 Å². The van der Waals surface area contributed by atoms with Crippen LogP contribution in [0.5, 0.6) is 0 Å². The van der Waals surface area contributed by atoms with Gasteiger partial charge in [0.2, 0.25) is 0 Å². The number of aliphatic imine (C=N–C) groups is 1. The predicted octanol–water partition coefficient (Wildman–Crippen LogP) is 1.83.